The van der Waals surface area contributed by atoms with Crippen LogP contribution in [0.5, 0.6) is 5.75 Å². The number of anilines is 1. The molecular weight excluding hydrogens is 511 g/mol. The number of hydrogen-bond donors (Lipinski definition) is 1. The quantitative estimate of drug-likeness (QED) is 0.260. The number of aryl methyl sites for hydroxylation is 1. The first kappa shape index (κ1) is 24.6. The van der Waals surface area contributed by atoms with Crippen LogP contribution in [0.3, 0.4) is 0 Å². The Hall–Kier alpha value is -3.06. The van der Waals surface area contributed by atoms with Crippen molar-refractivity contribution < 1.29 is 4.74 Å². The Morgan fingerprint density at radius 3 is 2.50 bits per heavy atom. The fourth-order valence-corrected chi connectivity index (χ4v) is 5.67. The van der Waals surface area contributed by atoms with Crippen LogP contribution in [0.4, 0.5) is 5.69 Å². The predicted octanol–water partition coefficient (Wildman–Crippen LogP) is 7.37. The highest BCUT2D eigenvalue weighted by Crippen LogP contribution is 2.44. The smallest absolute Gasteiger partial charge is 0.174 e. The van der Waals surface area contributed by atoms with Crippen LogP contribution in [-0.2, 0) is 0 Å². The zero-order valence-corrected chi connectivity index (χ0v) is 22.5. The van der Waals surface area contributed by atoms with E-state index in [1.54, 1.807) is 6.07 Å². The van der Waals surface area contributed by atoms with Gasteiger partial charge in [-0.3, -0.25) is 4.98 Å². The van der Waals surface area contributed by atoms with E-state index in [2.05, 4.69) is 39.7 Å². The number of halogens is 2. The summed E-state index contributed by atoms with van der Waals surface area (Å²) in [4.78, 5) is 6.83. The minimum absolute atomic E-state index is 0.136. The first-order valence-electron chi connectivity index (χ1n) is 11.8. The minimum atomic E-state index is -0.144. The second kappa shape index (κ2) is 10.1. The number of aromatic nitrogens is 2. The molecule has 8 heteroatoms. The van der Waals surface area contributed by atoms with Crippen LogP contribution >= 0.6 is 35.4 Å². The Balaban J connectivity index is 1.66. The van der Waals surface area contributed by atoms with Gasteiger partial charge in [-0.25, -0.2) is 0 Å². The largest absolute Gasteiger partial charge is 0.494 e. The van der Waals surface area contributed by atoms with Gasteiger partial charge in [0.05, 0.1) is 40.1 Å². The second-order valence-corrected chi connectivity index (χ2v) is 9.83. The van der Waals surface area contributed by atoms with Gasteiger partial charge < -0.3 is 19.5 Å². The minimum Gasteiger partial charge on any atom is -0.494 e. The summed E-state index contributed by atoms with van der Waals surface area (Å²) in [7, 11) is 0. The van der Waals surface area contributed by atoms with Crippen molar-refractivity contribution in [2.45, 2.75) is 32.9 Å². The summed E-state index contributed by atoms with van der Waals surface area (Å²) < 4.78 is 7.81. The molecule has 0 amide bonds. The zero-order chi connectivity index (χ0) is 25.4. The lowest BCUT2D eigenvalue weighted by atomic mass is 9.96. The molecule has 1 fully saturated rings. The summed E-state index contributed by atoms with van der Waals surface area (Å²) in [5, 5.41) is 5.22. The van der Waals surface area contributed by atoms with Crippen LogP contribution < -0.4 is 15.0 Å². The van der Waals surface area contributed by atoms with Crippen LogP contribution in [0.1, 0.15) is 41.7 Å². The first-order valence-corrected chi connectivity index (χ1v) is 12.9. The van der Waals surface area contributed by atoms with Crippen molar-refractivity contribution in [2.24, 2.45) is 0 Å². The molecule has 1 saturated heterocycles. The lowest BCUT2D eigenvalue weighted by Gasteiger charge is -2.28. The average Bonchev–Trinajstić information content (AvgIpc) is 3.37. The molecule has 2 unspecified atom stereocenters. The highest BCUT2D eigenvalue weighted by molar-refractivity contribution is 7.80. The van der Waals surface area contributed by atoms with Gasteiger partial charge in [0.25, 0.3) is 0 Å². The van der Waals surface area contributed by atoms with Gasteiger partial charge in [0, 0.05) is 23.3 Å². The van der Waals surface area contributed by atoms with E-state index in [9.17, 15) is 0 Å². The summed E-state index contributed by atoms with van der Waals surface area (Å²) in [5.74, 6) is 0.825. The summed E-state index contributed by atoms with van der Waals surface area (Å²) in [5.41, 5.74) is 5.98. The van der Waals surface area contributed by atoms with Crippen molar-refractivity contribution in [3.8, 4) is 11.4 Å². The number of nitrogens with one attached hydrogen (secondary N) is 1. The van der Waals surface area contributed by atoms with Crippen molar-refractivity contribution in [3.05, 3.63) is 106 Å². The molecule has 0 bridgehead atoms. The number of rotatable bonds is 6. The van der Waals surface area contributed by atoms with Crippen LogP contribution in [0.15, 0.2) is 72.9 Å². The van der Waals surface area contributed by atoms with Gasteiger partial charge in [-0.1, -0.05) is 35.3 Å². The molecular formula is C28H26Cl2N4OS. The Morgan fingerprint density at radius 1 is 1.03 bits per heavy atom. The third kappa shape index (κ3) is 4.34. The molecule has 0 aliphatic carbocycles. The summed E-state index contributed by atoms with van der Waals surface area (Å²) in [6.07, 6.45) is 1.81. The summed E-state index contributed by atoms with van der Waals surface area (Å²) in [6, 6.07) is 21.6. The second-order valence-electron chi connectivity index (χ2n) is 8.66. The Morgan fingerprint density at radius 2 is 1.81 bits per heavy atom. The van der Waals surface area contributed by atoms with Crippen molar-refractivity contribution in [3.63, 3.8) is 0 Å². The number of pyridine rings is 1. The molecule has 0 spiro atoms. The molecule has 1 N–H and O–H groups in total. The fourth-order valence-electron chi connectivity index (χ4n) is 4.94. The van der Waals surface area contributed by atoms with Gasteiger partial charge in [0.1, 0.15) is 5.75 Å². The van der Waals surface area contributed by atoms with Gasteiger partial charge in [0.2, 0.25) is 0 Å². The van der Waals surface area contributed by atoms with E-state index >= 15 is 0 Å². The molecule has 4 aromatic rings. The molecule has 5 nitrogen and oxygen atoms in total. The summed E-state index contributed by atoms with van der Waals surface area (Å²) in [6.45, 7) is 6.77. The monoisotopic (exact) mass is 536 g/mol. The van der Waals surface area contributed by atoms with Crippen LogP contribution in [0, 0.1) is 13.8 Å². The highest BCUT2D eigenvalue weighted by atomic mass is 35.5. The molecule has 2 atom stereocenters. The molecule has 3 heterocycles. The number of thiocarbonyl (C=S) groups is 1. The van der Waals surface area contributed by atoms with Crippen LogP contribution in [0.2, 0.25) is 10.0 Å². The van der Waals surface area contributed by atoms with Crippen molar-refractivity contribution in [2.75, 3.05) is 11.5 Å². The van der Waals surface area contributed by atoms with Gasteiger partial charge in [-0.15, -0.1) is 0 Å². The lowest BCUT2D eigenvalue weighted by Crippen LogP contribution is -2.29. The molecule has 0 saturated carbocycles. The van der Waals surface area contributed by atoms with E-state index < -0.39 is 0 Å². The van der Waals surface area contributed by atoms with Gasteiger partial charge in [-0.05, 0) is 93.1 Å². The van der Waals surface area contributed by atoms with Gasteiger partial charge in [0.15, 0.2) is 5.11 Å². The maximum absolute atomic E-state index is 6.64. The average molecular weight is 538 g/mol. The molecule has 1 aliphatic rings. The van der Waals surface area contributed by atoms with E-state index in [0.717, 1.165) is 39.8 Å². The van der Waals surface area contributed by atoms with E-state index in [1.807, 2.05) is 67.7 Å². The fraction of sp³-hybridized carbons (Fsp3) is 0.214. The number of ether oxygens (including phenoxy) is 1. The standard InChI is InChI=1S/C28H26Cl2N4OS/c1-4-35-20-13-11-19(12-14-20)34-27(26(32-28(34)36)23-9-5-6-15-31-23)21-16-17(2)33(18(21)3)24-10-7-8-22(29)25(24)30/h5-16,26-27H,4H2,1-3H3,(H,32,36). The molecule has 2 aromatic carbocycles. The van der Waals surface area contributed by atoms with Gasteiger partial charge >= 0.3 is 0 Å². The van der Waals surface area contributed by atoms with Crippen molar-refractivity contribution in [1.29, 1.82) is 0 Å². The molecule has 5 rings (SSSR count). The first-order chi connectivity index (χ1) is 17.4. The molecule has 36 heavy (non-hydrogen) atoms. The van der Waals surface area contributed by atoms with E-state index in [1.165, 1.54) is 0 Å². The topological polar surface area (TPSA) is 42.3 Å². The SMILES string of the molecule is CCOc1ccc(N2C(=S)NC(c3ccccn3)C2c2cc(C)n(-c3cccc(Cl)c3Cl)c2C)cc1. The third-order valence-corrected chi connectivity index (χ3v) is 7.61. The summed E-state index contributed by atoms with van der Waals surface area (Å²) >= 11 is 18.9. The Labute approximate surface area is 226 Å². The van der Waals surface area contributed by atoms with E-state index in [-0.39, 0.29) is 12.1 Å². The predicted molar refractivity (Wildman–Crippen MR) is 151 cm³/mol. The van der Waals surface area contributed by atoms with Gasteiger partial charge in [-0.2, -0.15) is 0 Å². The normalized spacial score (nSPS) is 17.4. The molecule has 0 radical (unpaired) electrons. The number of nitrogens with zero attached hydrogens (tertiary/aromatic N) is 3. The highest BCUT2D eigenvalue weighted by Gasteiger charge is 2.42. The van der Waals surface area contributed by atoms with Crippen LogP contribution in [0.25, 0.3) is 5.69 Å². The Kier molecular flexibility index (Phi) is 6.93. The van der Waals surface area contributed by atoms with Crippen LogP contribution in [-0.4, -0.2) is 21.3 Å². The maximum Gasteiger partial charge on any atom is 0.174 e. The molecule has 2 aromatic heterocycles. The van der Waals surface area contributed by atoms with Crippen molar-refractivity contribution >= 4 is 46.2 Å². The van der Waals surface area contributed by atoms with E-state index in [4.69, 9.17) is 40.2 Å². The Bertz CT molecular complexity index is 1410. The lowest BCUT2D eigenvalue weighted by molar-refractivity contribution is 0.340. The molecule has 1 aliphatic heterocycles. The third-order valence-electron chi connectivity index (χ3n) is 6.49. The number of benzene rings is 2. The molecule has 184 valence electrons. The van der Waals surface area contributed by atoms with Crippen molar-refractivity contribution in [1.82, 2.24) is 14.9 Å². The zero-order valence-electron chi connectivity index (χ0n) is 20.2. The van der Waals surface area contributed by atoms with E-state index in [0.29, 0.717) is 21.8 Å². The maximum atomic E-state index is 6.64. The number of hydrogen-bond acceptors (Lipinski definition) is 3.